The summed E-state index contributed by atoms with van der Waals surface area (Å²) in [6.45, 7) is 2.91. The van der Waals surface area contributed by atoms with Gasteiger partial charge in [-0.05, 0) is 86.0 Å². The monoisotopic (exact) mass is 594 g/mol. The summed E-state index contributed by atoms with van der Waals surface area (Å²) in [4.78, 5) is 24.8. The van der Waals surface area contributed by atoms with E-state index in [0.29, 0.717) is 35.9 Å². The van der Waals surface area contributed by atoms with Crippen molar-refractivity contribution in [2.45, 2.75) is 30.8 Å². The zero-order valence-electron chi connectivity index (χ0n) is 23.3. The molecule has 1 saturated heterocycles. The van der Waals surface area contributed by atoms with E-state index in [-0.39, 0.29) is 23.5 Å². The normalized spacial score (nSPS) is 14.8. The van der Waals surface area contributed by atoms with E-state index in [1.165, 1.54) is 18.3 Å². The Labute approximate surface area is 245 Å². The van der Waals surface area contributed by atoms with E-state index in [4.69, 9.17) is 14.2 Å². The predicted molar refractivity (Wildman–Crippen MR) is 158 cm³/mol. The fourth-order valence-electron chi connectivity index (χ4n) is 4.14. The molecule has 1 atom stereocenters. The molecule has 0 bridgehead atoms. The molecule has 0 saturated carbocycles. The number of carbonyl (C=O) groups is 2. The van der Waals surface area contributed by atoms with E-state index in [2.05, 4.69) is 15.8 Å². The van der Waals surface area contributed by atoms with E-state index < -0.39 is 22.5 Å². The fourth-order valence-corrected chi connectivity index (χ4v) is 5.58. The van der Waals surface area contributed by atoms with Crippen LogP contribution in [-0.2, 0) is 24.3 Å². The first-order chi connectivity index (χ1) is 20.3. The number of benzene rings is 3. The minimum Gasteiger partial charge on any atom is -0.494 e. The van der Waals surface area contributed by atoms with Gasteiger partial charge in [0.1, 0.15) is 18.0 Å². The van der Waals surface area contributed by atoms with E-state index in [1.807, 2.05) is 6.92 Å². The summed E-state index contributed by atoms with van der Waals surface area (Å²) < 4.78 is 44.3. The second kappa shape index (κ2) is 15.0. The van der Waals surface area contributed by atoms with Crippen LogP contribution in [0.5, 0.6) is 11.5 Å². The number of carbonyl (C=O) groups excluding carboxylic acids is 2. The minimum atomic E-state index is -4.04. The highest BCUT2D eigenvalue weighted by Gasteiger charge is 2.27. The summed E-state index contributed by atoms with van der Waals surface area (Å²) in [7, 11) is -4.04. The van der Waals surface area contributed by atoms with Crippen LogP contribution in [0.2, 0.25) is 0 Å². The number of sulfonamides is 1. The van der Waals surface area contributed by atoms with Crippen LogP contribution < -0.4 is 24.5 Å². The molecule has 12 heteroatoms. The van der Waals surface area contributed by atoms with Crippen LogP contribution >= 0.6 is 0 Å². The van der Waals surface area contributed by atoms with E-state index in [1.54, 1.807) is 66.7 Å². The standard InChI is InChI=1S/C30H34N4O7S/c1-2-39-25-16-12-24(13-17-25)34(42(37,38)28-8-4-3-5-9-28)21-29(35)33-32-19-23-10-14-26(15-11-23)41-22-30(36)31-20-27-7-6-18-40-27/h3-5,8-17,19,27H,2,6-7,18,20-22H2,1H3,(H,31,36)(H,33,35)/b32-19-/t27-/m1/s1. The smallest absolute Gasteiger partial charge is 0.264 e. The number of hydrazone groups is 1. The first-order valence-electron chi connectivity index (χ1n) is 13.6. The van der Waals surface area contributed by atoms with Gasteiger partial charge in [-0.25, -0.2) is 13.8 Å². The van der Waals surface area contributed by atoms with Crippen LogP contribution in [0, 0.1) is 0 Å². The van der Waals surface area contributed by atoms with Crippen molar-refractivity contribution in [3.8, 4) is 11.5 Å². The Hall–Kier alpha value is -4.42. The van der Waals surface area contributed by atoms with Gasteiger partial charge in [0, 0.05) is 13.2 Å². The molecule has 1 aliphatic heterocycles. The molecule has 3 aromatic carbocycles. The molecule has 0 spiro atoms. The Morgan fingerprint density at radius 1 is 0.976 bits per heavy atom. The van der Waals surface area contributed by atoms with Crippen LogP contribution in [0.15, 0.2) is 88.9 Å². The predicted octanol–water partition coefficient (Wildman–Crippen LogP) is 3.10. The number of hydrogen-bond donors (Lipinski definition) is 2. The molecule has 0 aliphatic carbocycles. The summed E-state index contributed by atoms with van der Waals surface area (Å²) in [5.41, 5.74) is 3.35. The first-order valence-corrected chi connectivity index (χ1v) is 15.0. The van der Waals surface area contributed by atoms with Crippen molar-refractivity contribution in [3.63, 3.8) is 0 Å². The third-order valence-electron chi connectivity index (χ3n) is 6.26. The molecule has 42 heavy (non-hydrogen) atoms. The minimum absolute atomic E-state index is 0.0535. The zero-order valence-corrected chi connectivity index (χ0v) is 24.1. The maximum Gasteiger partial charge on any atom is 0.264 e. The lowest BCUT2D eigenvalue weighted by atomic mass is 10.2. The lowest BCUT2D eigenvalue weighted by Gasteiger charge is -2.24. The van der Waals surface area contributed by atoms with Crippen molar-refractivity contribution >= 4 is 33.7 Å². The van der Waals surface area contributed by atoms with Gasteiger partial charge < -0.3 is 19.5 Å². The average Bonchev–Trinajstić information content (AvgIpc) is 3.53. The Kier molecular flexibility index (Phi) is 10.9. The molecular weight excluding hydrogens is 560 g/mol. The molecule has 0 unspecified atom stereocenters. The molecule has 2 N–H and O–H groups in total. The number of anilines is 1. The maximum absolute atomic E-state index is 13.4. The lowest BCUT2D eigenvalue weighted by molar-refractivity contribution is -0.123. The summed E-state index contributed by atoms with van der Waals surface area (Å²) in [5.74, 6) is 0.225. The van der Waals surface area contributed by atoms with Crippen LogP contribution in [0.4, 0.5) is 5.69 Å². The van der Waals surface area contributed by atoms with Gasteiger partial charge in [0.2, 0.25) is 0 Å². The molecule has 0 aromatic heterocycles. The highest BCUT2D eigenvalue weighted by molar-refractivity contribution is 7.92. The number of rotatable bonds is 14. The Balaban J connectivity index is 1.32. The van der Waals surface area contributed by atoms with Crippen LogP contribution in [0.1, 0.15) is 25.3 Å². The second-order valence-corrected chi connectivity index (χ2v) is 11.2. The number of amides is 2. The summed E-state index contributed by atoms with van der Waals surface area (Å²) >= 11 is 0. The summed E-state index contributed by atoms with van der Waals surface area (Å²) in [6.07, 6.45) is 3.44. The van der Waals surface area contributed by atoms with Crippen molar-refractivity contribution < 1.29 is 32.2 Å². The summed E-state index contributed by atoms with van der Waals surface area (Å²) in [5, 5.41) is 6.76. The molecule has 1 aliphatic rings. The number of ether oxygens (including phenoxy) is 3. The van der Waals surface area contributed by atoms with Crippen molar-refractivity contribution in [2.24, 2.45) is 5.10 Å². The Morgan fingerprint density at radius 3 is 2.33 bits per heavy atom. The maximum atomic E-state index is 13.4. The molecular formula is C30H34N4O7S. The van der Waals surface area contributed by atoms with E-state index in [0.717, 1.165) is 23.8 Å². The third kappa shape index (κ3) is 8.79. The fraction of sp³-hybridized carbons (Fsp3) is 0.300. The molecule has 222 valence electrons. The van der Waals surface area contributed by atoms with Gasteiger partial charge in [-0.1, -0.05) is 18.2 Å². The van der Waals surface area contributed by atoms with Gasteiger partial charge in [0.15, 0.2) is 6.61 Å². The van der Waals surface area contributed by atoms with Crippen molar-refractivity contribution in [2.75, 3.05) is 37.2 Å². The second-order valence-electron chi connectivity index (χ2n) is 9.34. The average molecular weight is 595 g/mol. The Morgan fingerprint density at radius 2 is 1.67 bits per heavy atom. The first kappa shape index (κ1) is 30.5. The summed E-state index contributed by atoms with van der Waals surface area (Å²) in [6, 6.07) is 21.1. The molecule has 1 fully saturated rings. The number of hydrogen-bond acceptors (Lipinski definition) is 8. The lowest BCUT2D eigenvalue weighted by Crippen LogP contribution is -2.39. The van der Waals surface area contributed by atoms with Gasteiger partial charge >= 0.3 is 0 Å². The van der Waals surface area contributed by atoms with Crippen LogP contribution in [-0.4, -0.2) is 65.5 Å². The molecule has 2 amide bonds. The van der Waals surface area contributed by atoms with Crippen molar-refractivity contribution in [1.29, 1.82) is 0 Å². The quantitative estimate of drug-likeness (QED) is 0.216. The number of nitrogens with one attached hydrogen (secondary N) is 2. The topological polar surface area (TPSA) is 136 Å². The van der Waals surface area contributed by atoms with Gasteiger partial charge in [0.25, 0.3) is 21.8 Å². The van der Waals surface area contributed by atoms with E-state index in [9.17, 15) is 18.0 Å². The molecule has 4 rings (SSSR count). The van der Waals surface area contributed by atoms with Gasteiger partial charge in [-0.2, -0.15) is 5.10 Å². The molecule has 1 heterocycles. The third-order valence-corrected chi connectivity index (χ3v) is 8.05. The Bertz CT molecular complexity index is 1440. The highest BCUT2D eigenvalue weighted by atomic mass is 32.2. The van der Waals surface area contributed by atoms with Crippen LogP contribution in [0.3, 0.4) is 0 Å². The largest absolute Gasteiger partial charge is 0.494 e. The van der Waals surface area contributed by atoms with E-state index >= 15 is 0 Å². The zero-order chi connectivity index (χ0) is 29.8. The molecule has 3 aromatic rings. The van der Waals surface area contributed by atoms with Crippen molar-refractivity contribution in [1.82, 2.24) is 10.7 Å². The van der Waals surface area contributed by atoms with Crippen LogP contribution in [0.25, 0.3) is 0 Å². The SMILES string of the molecule is CCOc1ccc(N(CC(=O)N/N=C\c2ccc(OCC(=O)NC[C@H]3CCCO3)cc2)S(=O)(=O)c2ccccc2)cc1. The molecule has 0 radical (unpaired) electrons. The molecule has 11 nitrogen and oxygen atoms in total. The van der Waals surface area contributed by atoms with Gasteiger partial charge in [0.05, 0.1) is 29.5 Å². The highest BCUT2D eigenvalue weighted by Crippen LogP contribution is 2.25. The van der Waals surface area contributed by atoms with Gasteiger partial charge in [-0.3, -0.25) is 13.9 Å². The van der Waals surface area contributed by atoms with Crippen molar-refractivity contribution in [3.05, 3.63) is 84.4 Å². The number of nitrogens with zero attached hydrogens (tertiary/aromatic N) is 2. The van der Waals surface area contributed by atoms with Gasteiger partial charge in [-0.15, -0.1) is 0 Å².